The van der Waals surface area contributed by atoms with Crippen LogP contribution in [0.1, 0.15) is 25.8 Å². The first kappa shape index (κ1) is 17.5. The summed E-state index contributed by atoms with van der Waals surface area (Å²) in [6.45, 7) is 3.82. The minimum Gasteiger partial charge on any atom is -0.481 e. The van der Waals surface area contributed by atoms with Gasteiger partial charge < -0.3 is 10.0 Å². The van der Waals surface area contributed by atoms with E-state index in [1.165, 1.54) is 11.0 Å². The lowest BCUT2D eigenvalue weighted by Crippen LogP contribution is -2.37. The predicted molar refractivity (Wildman–Crippen MR) is 84.6 cm³/mol. The third-order valence-corrected chi connectivity index (χ3v) is 3.52. The van der Waals surface area contributed by atoms with Crippen molar-refractivity contribution in [2.24, 2.45) is 0 Å². The zero-order valence-electron chi connectivity index (χ0n) is 11.8. The number of hydrogen-bond acceptors (Lipinski definition) is 2. The van der Waals surface area contributed by atoms with Gasteiger partial charge in [-0.3, -0.25) is 9.59 Å². The van der Waals surface area contributed by atoms with Crippen LogP contribution in [0.15, 0.2) is 24.3 Å². The van der Waals surface area contributed by atoms with E-state index >= 15 is 0 Å². The fourth-order valence-electron chi connectivity index (χ4n) is 1.76. The summed E-state index contributed by atoms with van der Waals surface area (Å²) in [4.78, 5) is 24.3. The molecule has 1 amide bonds. The molecule has 21 heavy (non-hydrogen) atoms. The van der Waals surface area contributed by atoms with Crippen molar-refractivity contribution in [2.45, 2.75) is 26.3 Å². The summed E-state index contributed by atoms with van der Waals surface area (Å²) in [6.07, 6.45) is 2.81. The number of rotatable bonds is 6. The minimum absolute atomic E-state index is 0.0926. The van der Waals surface area contributed by atoms with Crippen LogP contribution in [0, 0.1) is 0 Å². The van der Waals surface area contributed by atoms with Crippen molar-refractivity contribution >= 4 is 41.2 Å². The second-order valence-electron chi connectivity index (χ2n) is 4.74. The van der Waals surface area contributed by atoms with Gasteiger partial charge in [-0.2, -0.15) is 0 Å². The van der Waals surface area contributed by atoms with E-state index in [9.17, 15) is 9.59 Å². The molecule has 0 bridgehead atoms. The van der Waals surface area contributed by atoms with Crippen LogP contribution in [-0.4, -0.2) is 34.5 Å². The fraction of sp³-hybridized carbons (Fsp3) is 0.333. The minimum atomic E-state index is -0.938. The molecule has 0 spiro atoms. The number of hydrogen-bond donors (Lipinski definition) is 1. The quantitative estimate of drug-likeness (QED) is 0.809. The maximum absolute atomic E-state index is 12.2. The van der Waals surface area contributed by atoms with Crippen LogP contribution in [0.5, 0.6) is 0 Å². The smallest absolute Gasteiger partial charge is 0.305 e. The van der Waals surface area contributed by atoms with Gasteiger partial charge in [-0.05, 0) is 32.1 Å². The second kappa shape index (κ2) is 8.05. The molecule has 1 N–H and O–H groups in total. The molecule has 0 unspecified atom stereocenters. The predicted octanol–water partition coefficient (Wildman–Crippen LogP) is 3.72. The third kappa shape index (κ3) is 5.40. The molecular formula is C15H17Cl2NO3. The van der Waals surface area contributed by atoms with Crippen molar-refractivity contribution in [1.29, 1.82) is 0 Å². The van der Waals surface area contributed by atoms with Crippen LogP contribution in [0.4, 0.5) is 0 Å². The number of carboxylic acid groups (broad SMARTS) is 1. The van der Waals surface area contributed by atoms with Gasteiger partial charge in [0.2, 0.25) is 5.91 Å². The SMILES string of the molecule is CC(C)N(CCC(=O)O)C(=O)/C=C/c1c(Cl)cccc1Cl. The van der Waals surface area contributed by atoms with Crippen LogP contribution in [0.2, 0.25) is 10.0 Å². The van der Waals surface area contributed by atoms with Crippen molar-refractivity contribution in [3.63, 3.8) is 0 Å². The lowest BCUT2D eigenvalue weighted by molar-refractivity contribution is -0.138. The average molecular weight is 330 g/mol. The summed E-state index contributed by atoms with van der Waals surface area (Å²) >= 11 is 12.0. The van der Waals surface area contributed by atoms with Crippen LogP contribution in [0.25, 0.3) is 6.08 Å². The molecule has 1 aromatic rings. The Morgan fingerprint density at radius 2 is 1.86 bits per heavy atom. The lowest BCUT2D eigenvalue weighted by Gasteiger charge is -2.24. The molecule has 0 radical (unpaired) electrons. The number of carbonyl (C=O) groups is 2. The molecule has 0 fully saturated rings. The summed E-state index contributed by atoms with van der Waals surface area (Å²) in [6, 6.07) is 4.99. The van der Waals surface area contributed by atoms with E-state index in [1.807, 2.05) is 13.8 Å². The van der Waals surface area contributed by atoms with Crippen molar-refractivity contribution in [2.75, 3.05) is 6.54 Å². The number of amides is 1. The summed E-state index contributed by atoms with van der Waals surface area (Å²) in [5.41, 5.74) is 0.566. The van der Waals surface area contributed by atoms with Crippen LogP contribution in [0.3, 0.4) is 0 Å². The molecular weight excluding hydrogens is 313 g/mol. The Morgan fingerprint density at radius 3 is 2.33 bits per heavy atom. The second-order valence-corrected chi connectivity index (χ2v) is 5.55. The van der Waals surface area contributed by atoms with Crippen molar-refractivity contribution in [1.82, 2.24) is 4.90 Å². The van der Waals surface area contributed by atoms with Crippen LogP contribution in [-0.2, 0) is 9.59 Å². The van der Waals surface area contributed by atoms with E-state index in [0.29, 0.717) is 15.6 Å². The maximum atomic E-state index is 12.2. The van der Waals surface area contributed by atoms with Gasteiger partial charge in [0.25, 0.3) is 0 Å². The number of carbonyl (C=O) groups excluding carboxylic acids is 1. The number of halogens is 2. The van der Waals surface area contributed by atoms with Gasteiger partial charge in [0.1, 0.15) is 0 Å². The largest absolute Gasteiger partial charge is 0.481 e. The number of nitrogens with zero attached hydrogens (tertiary/aromatic N) is 1. The van der Waals surface area contributed by atoms with Gasteiger partial charge >= 0.3 is 5.97 Å². The number of benzene rings is 1. The van der Waals surface area contributed by atoms with Crippen molar-refractivity contribution in [3.05, 3.63) is 39.9 Å². The molecule has 114 valence electrons. The first-order valence-electron chi connectivity index (χ1n) is 6.47. The Labute approximate surface area is 134 Å². The van der Waals surface area contributed by atoms with Crippen molar-refractivity contribution in [3.8, 4) is 0 Å². The summed E-state index contributed by atoms with van der Waals surface area (Å²) in [7, 11) is 0. The van der Waals surface area contributed by atoms with Crippen molar-refractivity contribution < 1.29 is 14.7 Å². The van der Waals surface area contributed by atoms with E-state index in [-0.39, 0.29) is 24.9 Å². The van der Waals surface area contributed by atoms with Gasteiger partial charge in [-0.15, -0.1) is 0 Å². The molecule has 0 saturated carbocycles. The monoisotopic (exact) mass is 329 g/mol. The molecule has 0 heterocycles. The molecule has 0 aromatic heterocycles. The summed E-state index contributed by atoms with van der Waals surface area (Å²) in [5.74, 6) is -1.21. The molecule has 1 aromatic carbocycles. The third-order valence-electron chi connectivity index (χ3n) is 2.87. The standard InChI is InChI=1S/C15H17Cl2NO3/c1-10(2)18(9-8-15(20)21)14(19)7-6-11-12(16)4-3-5-13(11)17/h3-7,10H,8-9H2,1-2H3,(H,20,21)/b7-6+. The van der Waals surface area contributed by atoms with Gasteiger partial charge in [0, 0.05) is 34.3 Å². The molecule has 4 nitrogen and oxygen atoms in total. The first-order chi connectivity index (χ1) is 9.82. The van der Waals surface area contributed by atoms with Gasteiger partial charge in [0.05, 0.1) is 6.42 Å². The molecule has 0 aliphatic carbocycles. The molecule has 6 heteroatoms. The highest BCUT2D eigenvalue weighted by molar-refractivity contribution is 6.37. The molecule has 1 rings (SSSR count). The normalized spacial score (nSPS) is 11.1. The topological polar surface area (TPSA) is 57.6 Å². The summed E-state index contributed by atoms with van der Waals surface area (Å²) < 4.78 is 0. The van der Waals surface area contributed by atoms with E-state index in [4.69, 9.17) is 28.3 Å². The Kier molecular flexibility index (Phi) is 6.72. The molecule has 0 saturated heterocycles. The Morgan fingerprint density at radius 1 is 1.29 bits per heavy atom. The van der Waals surface area contributed by atoms with E-state index in [1.54, 1.807) is 24.3 Å². The van der Waals surface area contributed by atoms with E-state index in [2.05, 4.69) is 0 Å². The lowest BCUT2D eigenvalue weighted by atomic mass is 10.2. The van der Waals surface area contributed by atoms with E-state index in [0.717, 1.165) is 0 Å². The maximum Gasteiger partial charge on any atom is 0.305 e. The number of aliphatic carboxylic acids is 1. The Balaban J connectivity index is 2.86. The highest BCUT2D eigenvalue weighted by Crippen LogP contribution is 2.25. The van der Waals surface area contributed by atoms with Gasteiger partial charge in [-0.25, -0.2) is 0 Å². The molecule has 0 aliphatic heterocycles. The summed E-state index contributed by atoms with van der Waals surface area (Å²) in [5, 5.41) is 9.62. The highest BCUT2D eigenvalue weighted by atomic mass is 35.5. The van der Waals surface area contributed by atoms with Gasteiger partial charge in [-0.1, -0.05) is 29.3 Å². The highest BCUT2D eigenvalue weighted by Gasteiger charge is 2.15. The zero-order chi connectivity index (χ0) is 16.0. The van der Waals surface area contributed by atoms with E-state index < -0.39 is 5.97 Å². The Bertz CT molecular complexity index is 536. The first-order valence-corrected chi connectivity index (χ1v) is 7.23. The average Bonchev–Trinajstić information content (AvgIpc) is 2.37. The molecule has 0 atom stereocenters. The van der Waals surface area contributed by atoms with Crippen LogP contribution >= 0.6 is 23.2 Å². The number of carboxylic acids is 1. The van der Waals surface area contributed by atoms with Gasteiger partial charge in [0.15, 0.2) is 0 Å². The fourth-order valence-corrected chi connectivity index (χ4v) is 2.28. The zero-order valence-corrected chi connectivity index (χ0v) is 13.4. The van der Waals surface area contributed by atoms with Crippen LogP contribution < -0.4 is 0 Å². The molecule has 0 aliphatic rings. The Hall–Kier alpha value is -1.52.